The Kier molecular flexibility index (Phi) is 3.99. The molecule has 94 valence electrons. The van der Waals surface area contributed by atoms with E-state index in [-0.39, 0.29) is 12.6 Å². The summed E-state index contributed by atoms with van der Waals surface area (Å²) in [6, 6.07) is 6.09. The molecule has 1 heterocycles. The molecule has 1 saturated heterocycles. The molecule has 17 heavy (non-hydrogen) atoms. The average Bonchev–Trinajstić information content (AvgIpc) is 2.35. The van der Waals surface area contributed by atoms with Crippen molar-refractivity contribution in [3.8, 4) is 0 Å². The van der Waals surface area contributed by atoms with Gasteiger partial charge < -0.3 is 15.6 Å². The monoisotopic (exact) mass is 236 g/mol. The first-order chi connectivity index (χ1) is 8.22. The molecule has 1 fully saturated rings. The first kappa shape index (κ1) is 12.4. The summed E-state index contributed by atoms with van der Waals surface area (Å²) in [6.07, 6.45) is 0. The first-order valence-electron chi connectivity index (χ1n) is 5.99. The molecule has 0 aliphatic carbocycles. The fourth-order valence-corrected chi connectivity index (χ4v) is 2.16. The van der Waals surface area contributed by atoms with E-state index >= 15 is 0 Å². The van der Waals surface area contributed by atoms with Crippen molar-refractivity contribution in [2.24, 2.45) is 0 Å². The molecule has 0 amide bonds. The smallest absolute Gasteiger partial charge is 0.0644 e. The lowest BCUT2D eigenvalue weighted by molar-refractivity contribution is -0.0313. The molecule has 2 rings (SSSR count). The number of anilines is 1. The van der Waals surface area contributed by atoms with Gasteiger partial charge in [-0.2, -0.15) is 0 Å². The Morgan fingerprint density at radius 3 is 3.12 bits per heavy atom. The molecule has 3 N–H and O–H groups in total. The Bertz CT molecular complexity index is 382. The zero-order chi connectivity index (χ0) is 12.3. The van der Waals surface area contributed by atoms with E-state index in [0.717, 1.165) is 30.9 Å². The van der Waals surface area contributed by atoms with Crippen LogP contribution in [-0.4, -0.2) is 42.4 Å². The summed E-state index contributed by atoms with van der Waals surface area (Å²) < 4.78 is 5.37. The van der Waals surface area contributed by atoms with Crippen LogP contribution in [0.3, 0.4) is 0 Å². The van der Waals surface area contributed by atoms with Crippen LogP contribution in [0.25, 0.3) is 0 Å². The molecule has 0 spiro atoms. The number of ether oxygens (including phenoxy) is 1. The summed E-state index contributed by atoms with van der Waals surface area (Å²) in [5.41, 5.74) is 9.09. The van der Waals surface area contributed by atoms with Gasteiger partial charge >= 0.3 is 0 Å². The van der Waals surface area contributed by atoms with Crippen LogP contribution >= 0.6 is 0 Å². The third kappa shape index (κ3) is 2.77. The van der Waals surface area contributed by atoms with Crippen LogP contribution in [0.5, 0.6) is 0 Å². The van der Waals surface area contributed by atoms with Crippen LogP contribution in [0.15, 0.2) is 18.2 Å². The van der Waals surface area contributed by atoms with E-state index in [1.807, 2.05) is 19.1 Å². The van der Waals surface area contributed by atoms with Gasteiger partial charge in [0, 0.05) is 18.8 Å². The summed E-state index contributed by atoms with van der Waals surface area (Å²) >= 11 is 0. The number of nitrogen functional groups attached to an aromatic ring is 1. The summed E-state index contributed by atoms with van der Waals surface area (Å²) in [5, 5.41) is 9.32. The highest BCUT2D eigenvalue weighted by Gasteiger charge is 2.22. The molecule has 0 bridgehead atoms. The van der Waals surface area contributed by atoms with Gasteiger partial charge in [-0.25, -0.2) is 0 Å². The molecule has 4 heteroatoms. The van der Waals surface area contributed by atoms with Crippen molar-refractivity contribution < 1.29 is 9.84 Å². The fourth-order valence-electron chi connectivity index (χ4n) is 2.16. The van der Waals surface area contributed by atoms with Crippen molar-refractivity contribution in [2.45, 2.75) is 19.5 Å². The second-order valence-electron chi connectivity index (χ2n) is 4.51. The van der Waals surface area contributed by atoms with Gasteiger partial charge in [-0.05, 0) is 24.1 Å². The van der Waals surface area contributed by atoms with E-state index in [1.54, 1.807) is 0 Å². The number of hydrogen-bond donors (Lipinski definition) is 2. The lowest BCUT2D eigenvalue weighted by atomic mass is 10.1. The number of benzene rings is 1. The lowest BCUT2D eigenvalue weighted by Gasteiger charge is -2.34. The molecule has 1 aliphatic rings. The summed E-state index contributed by atoms with van der Waals surface area (Å²) in [6.45, 7) is 5.21. The van der Waals surface area contributed by atoms with E-state index in [4.69, 9.17) is 10.5 Å². The number of nitrogens with zero attached hydrogens (tertiary/aromatic N) is 1. The molecule has 1 aromatic carbocycles. The third-order valence-corrected chi connectivity index (χ3v) is 3.42. The van der Waals surface area contributed by atoms with Gasteiger partial charge in [0.05, 0.1) is 25.9 Å². The van der Waals surface area contributed by atoms with Crippen molar-refractivity contribution in [1.29, 1.82) is 0 Å². The Morgan fingerprint density at radius 2 is 2.35 bits per heavy atom. The van der Waals surface area contributed by atoms with Gasteiger partial charge in [0.25, 0.3) is 0 Å². The van der Waals surface area contributed by atoms with E-state index in [9.17, 15) is 5.11 Å². The van der Waals surface area contributed by atoms with Crippen LogP contribution in [0.4, 0.5) is 5.69 Å². The zero-order valence-corrected chi connectivity index (χ0v) is 10.2. The molecule has 1 aromatic rings. The highest BCUT2D eigenvalue weighted by Crippen LogP contribution is 2.19. The van der Waals surface area contributed by atoms with Gasteiger partial charge in [-0.15, -0.1) is 0 Å². The number of rotatable bonds is 3. The van der Waals surface area contributed by atoms with Crippen LogP contribution < -0.4 is 5.73 Å². The van der Waals surface area contributed by atoms with E-state index in [2.05, 4.69) is 11.0 Å². The maximum atomic E-state index is 9.32. The van der Waals surface area contributed by atoms with Crippen LogP contribution in [0.2, 0.25) is 0 Å². The topological polar surface area (TPSA) is 58.7 Å². The van der Waals surface area contributed by atoms with Crippen LogP contribution in [0.1, 0.15) is 11.1 Å². The molecule has 0 aromatic heterocycles. The van der Waals surface area contributed by atoms with Crippen molar-refractivity contribution in [2.75, 3.05) is 32.1 Å². The molecule has 1 unspecified atom stereocenters. The van der Waals surface area contributed by atoms with Crippen molar-refractivity contribution in [3.63, 3.8) is 0 Å². The third-order valence-electron chi connectivity index (χ3n) is 3.42. The molecule has 4 nitrogen and oxygen atoms in total. The average molecular weight is 236 g/mol. The second kappa shape index (κ2) is 5.49. The summed E-state index contributed by atoms with van der Waals surface area (Å²) in [7, 11) is 0. The second-order valence-corrected chi connectivity index (χ2v) is 4.51. The minimum absolute atomic E-state index is 0.101. The van der Waals surface area contributed by atoms with Gasteiger partial charge in [0.1, 0.15) is 0 Å². The number of aliphatic hydroxyl groups is 1. The Hall–Kier alpha value is -1.10. The molecular formula is C13H20N2O2. The van der Waals surface area contributed by atoms with Crippen molar-refractivity contribution in [1.82, 2.24) is 4.90 Å². The van der Waals surface area contributed by atoms with Gasteiger partial charge in [-0.3, -0.25) is 4.90 Å². The SMILES string of the molecule is Cc1c(N)cccc1CN1CCOCC1CO. The van der Waals surface area contributed by atoms with Crippen LogP contribution in [-0.2, 0) is 11.3 Å². The predicted octanol–water partition coefficient (Wildman–Crippen LogP) is 0.770. The van der Waals surface area contributed by atoms with Crippen molar-refractivity contribution >= 4 is 5.69 Å². The number of aliphatic hydroxyl groups excluding tert-OH is 1. The van der Waals surface area contributed by atoms with E-state index in [0.29, 0.717) is 6.61 Å². The van der Waals surface area contributed by atoms with Gasteiger partial charge in [0.2, 0.25) is 0 Å². The maximum absolute atomic E-state index is 9.32. The van der Waals surface area contributed by atoms with Gasteiger partial charge in [0.15, 0.2) is 0 Å². The van der Waals surface area contributed by atoms with Crippen molar-refractivity contribution in [3.05, 3.63) is 29.3 Å². The lowest BCUT2D eigenvalue weighted by Crippen LogP contribution is -2.46. The molecular weight excluding hydrogens is 216 g/mol. The minimum atomic E-state index is 0.101. The molecule has 1 aliphatic heterocycles. The van der Waals surface area contributed by atoms with E-state index < -0.39 is 0 Å². The minimum Gasteiger partial charge on any atom is -0.399 e. The Morgan fingerprint density at radius 1 is 1.53 bits per heavy atom. The summed E-state index contributed by atoms with van der Waals surface area (Å²) in [4.78, 5) is 2.26. The van der Waals surface area contributed by atoms with Crippen LogP contribution in [0, 0.1) is 6.92 Å². The highest BCUT2D eigenvalue weighted by molar-refractivity contribution is 5.49. The Labute approximate surface area is 102 Å². The normalized spacial score (nSPS) is 21.6. The Balaban J connectivity index is 2.11. The largest absolute Gasteiger partial charge is 0.399 e. The maximum Gasteiger partial charge on any atom is 0.0644 e. The quantitative estimate of drug-likeness (QED) is 0.761. The fraction of sp³-hybridized carbons (Fsp3) is 0.538. The molecule has 0 radical (unpaired) electrons. The highest BCUT2D eigenvalue weighted by atomic mass is 16.5. The predicted molar refractivity (Wildman–Crippen MR) is 67.7 cm³/mol. The zero-order valence-electron chi connectivity index (χ0n) is 10.2. The summed E-state index contributed by atoms with van der Waals surface area (Å²) in [5.74, 6) is 0. The van der Waals surface area contributed by atoms with Gasteiger partial charge in [-0.1, -0.05) is 12.1 Å². The number of nitrogens with two attached hydrogens (primary N) is 1. The number of hydrogen-bond acceptors (Lipinski definition) is 4. The van der Waals surface area contributed by atoms with E-state index in [1.165, 1.54) is 5.56 Å². The molecule has 1 atom stereocenters. The first-order valence-corrected chi connectivity index (χ1v) is 5.99. The molecule has 0 saturated carbocycles. The number of morpholine rings is 1. The standard InChI is InChI=1S/C13H20N2O2/c1-10-11(3-2-4-13(10)14)7-15-5-6-17-9-12(15)8-16/h2-4,12,16H,5-9,14H2,1H3.